The van der Waals surface area contributed by atoms with Crippen LogP contribution in [0.15, 0.2) is 48.5 Å². The Kier molecular flexibility index (Phi) is 6.59. The van der Waals surface area contributed by atoms with Crippen molar-refractivity contribution in [3.63, 3.8) is 0 Å². The molecule has 4 rings (SSSR count). The number of hydrogen-bond donors (Lipinski definition) is 0. The fourth-order valence-corrected chi connectivity index (χ4v) is 4.08. The Morgan fingerprint density at radius 1 is 1.18 bits per heavy atom. The lowest BCUT2D eigenvalue weighted by molar-refractivity contribution is -0.0504. The number of para-hydroxylation sites is 1. The maximum atomic E-state index is 12.8. The first kappa shape index (κ1) is 23.7. The second-order valence-electron chi connectivity index (χ2n) is 9.34. The average Bonchev–Trinajstić information content (AvgIpc) is 3.08. The summed E-state index contributed by atoms with van der Waals surface area (Å²) in [6, 6.07) is 12.9. The third-order valence-corrected chi connectivity index (χ3v) is 5.69. The fraction of sp³-hybridized carbons (Fsp3) is 0.385. The van der Waals surface area contributed by atoms with Crippen LogP contribution in [0.2, 0.25) is 0 Å². The summed E-state index contributed by atoms with van der Waals surface area (Å²) in [6.45, 7) is 6.01. The number of nitrogens with zero attached hydrogens (tertiary/aromatic N) is 3. The van der Waals surface area contributed by atoms with Gasteiger partial charge in [-0.05, 0) is 63.5 Å². The molecule has 0 aliphatic carbocycles. The molecule has 180 valence electrons. The van der Waals surface area contributed by atoms with E-state index in [4.69, 9.17) is 9.47 Å². The van der Waals surface area contributed by atoms with Crippen molar-refractivity contribution in [1.29, 1.82) is 0 Å². The summed E-state index contributed by atoms with van der Waals surface area (Å²) in [6.07, 6.45) is 2.45. The second kappa shape index (κ2) is 9.44. The number of aryl methyl sites for hydroxylation is 1. The predicted octanol–water partition coefficient (Wildman–Crippen LogP) is 6.02. The SMILES string of the molecule is Cc1nc2ccc(C3=CCN(C(=O)OC(C)(C)C)CC3)cc2n1Cc1ccccc1OC(F)F. The Morgan fingerprint density at radius 2 is 1.94 bits per heavy atom. The van der Waals surface area contributed by atoms with Crippen LogP contribution in [0.1, 0.15) is 44.1 Å². The van der Waals surface area contributed by atoms with Crippen molar-refractivity contribution in [2.45, 2.75) is 52.9 Å². The van der Waals surface area contributed by atoms with E-state index in [0.29, 0.717) is 31.6 Å². The summed E-state index contributed by atoms with van der Waals surface area (Å²) in [5.74, 6) is 0.944. The minimum absolute atomic E-state index is 0.159. The lowest BCUT2D eigenvalue weighted by Gasteiger charge is -2.29. The van der Waals surface area contributed by atoms with E-state index in [1.165, 1.54) is 0 Å². The van der Waals surface area contributed by atoms with E-state index in [-0.39, 0.29) is 11.8 Å². The molecule has 8 heteroatoms. The van der Waals surface area contributed by atoms with Crippen LogP contribution in [0.4, 0.5) is 13.6 Å². The number of halogens is 2. The highest BCUT2D eigenvalue weighted by Crippen LogP contribution is 2.29. The molecule has 0 radical (unpaired) electrons. The first-order valence-corrected chi connectivity index (χ1v) is 11.3. The number of alkyl halides is 2. The van der Waals surface area contributed by atoms with E-state index in [1.54, 1.807) is 29.2 Å². The molecule has 1 amide bonds. The van der Waals surface area contributed by atoms with Crippen molar-refractivity contribution in [3.05, 3.63) is 65.5 Å². The molecule has 0 bridgehead atoms. The molecular formula is C26H29F2N3O3. The summed E-state index contributed by atoms with van der Waals surface area (Å²) in [5, 5.41) is 0. The van der Waals surface area contributed by atoms with Crippen LogP contribution in [0.5, 0.6) is 5.75 Å². The Balaban J connectivity index is 1.59. The Hall–Kier alpha value is -3.42. The normalized spacial score (nSPS) is 14.4. The van der Waals surface area contributed by atoms with Crippen molar-refractivity contribution in [2.75, 3.05) is 13.1 Å². The molecule has 1 aliphatic heterocycles. The molecular weight excluding hydrogens is 440 g/mol. The first-order valence-electron chi connectivity index (χ1n) is 11.3. The van der Waals surface area contributed by atoms with Gasteiger partial charge in [0, 0.05) is 18.7 Å². The molecule has 0 saturated heterocycles. The topological polar surface area (TPSA) is 56.6 Å². The zero-order valence-corrected chi connectivity index (χ0v) is 19.8. The van der Waals surface area contributed by atoms with E-state index in [9.17, 15) is 13.6 Å². The molecule has 0 N–H and O–H groups in total. The largest absolute Gasteiger partial charge is 0.444 e. The molecule has 6 nitrogen and oxygen atoms in total. The zero-order chi connectivity index (χ0) is 24.5. The molecule has 0 saturated carbocycles. The monoisotopic (exact) mass is 469 g/mol. The highest BCUT2D eigenvalue weighted by atomic mass is 19.3. The number of imidazole rings is 1. The number of carbonyl (C=O) groups is 1. The van der Waals surface area contributed by atoms with Crippen LogP contribution in [0, 0.1) is 6.92 Å². The second-order valence-corrected chi connectivity index (χ2v) is 9.34. The third kappa shape index (κ3) is 5.38. The van der Waals surface area contributed by atoms with E-state index in [0.717, 1.165) is 28.0 Å². The van der Waals surface area contributed by atoms with E-state index >= 15 is 0 Å². The standard InChI is InChI=1S/C26H29F2N3O3/c1-17-29-21-10-9-19(18-11-13-30(14-12-18)25(32)34-26(2,3)4)15-22(21)31(17)16-20-7-5-6-8-23(20)33-24(27)28/h5-11,15,24H,12-14,16H2,1-4H3. The zero-order valence-electron chi connectivity index (χ0n) is 19.8. The number of benzene rings is 2. The number of carbonyl (C=O) groups excluding carboxylic acids is 1. The maximum absolute atomic E-state index is 12.8. The average molecular weight is 470 g/mol. The Bertz CT molecular complexity index is 1230. The number of aromatic nitrogens is 2. The summed E-state index contributed by atoms with van der Waals surface area (Å²) < 4.78 is 37.9. The third-order valence-electron chi connectivity index (χ3n) is 5.69. The molecule has 2 aromatic carbocycles. The van der Waals surface area contributed by atoms with Crippen LogP contribution >= 0.6 is 0 Å². The van der Waals surface area contributed by atoms with Gasteiger partial charge in [-0.3, -0.25) is 0 Å². The van der Waals surface area contributed by atoms with Crippen molar-refractivity contribution in [3.8, 4) is 5.75 Å². The smallest absolute Gasteiger partial charge is 0.410 e. The van der Waals surface area contributed by atoms with Crippen LogP contribution < -0.4 is 4.74 Å². The van der Waals surface area contributed by atoms with Crippen LogP contribution in [0.3, 0.4) is 0 Å². The summed E-state index contributed by atoms with van der Waals surface area (Å²) in [4.78, 5) is 18.7. The highest BCUT2D eigenvalue weighted by Gasteiger charge is 2.24. The van der Waals surface area contributed by atoms with Gasteiger partial charge in [-0.2, -0.15) is 8.78 Å². The van der Waals surface area contributed by atoms with Crippen molar-refractivity contribution in [2.24, 2.45) is 0 Å². The number of rotatable bonds is 5. The molecule has 3 aromatic rings. The van der Waals surface area contributed by atoms with Gasteiger partial charge in [0.05, 0.1) is 17.6 Å². The van der Waals surface area contributed by atoms with Crippen molar-refractivity contribution in [1.82, 2.24) is 14.5 Å². The fourth-order valence-electron chi connectivity index (χ4n) is 4.08. The van der Waals surface area contributed by atoms with Gasteiger partial charge in [0.25, 0.3) is 0 Å². The molecule has 0 unspecified atom stereocenters. The van der Waals surface area contributed by atoms with Gasteiger partial charge in [0.15, 0.2) is 0 Å². The molecule has 1 aromatic heterocycles. The van der Waals surface area contributed by atoms with Crippen molar-refractivity contribution >= 4 is 22.7 Å². The van der Waals surface area contributed by atoms with Gasteiger partial charge in [0.2, 0.25) is 0 Å². The number of amides is 1. The lowest BCUT2D eigenvalue weighted by atomic mass is 9.99. The molecule has 0 spiro atoms. The van der Waals surface area contributed by atoms with E-state index in [1.807, 2.05) is 50.5 Å². The lowest BCUT2D eigenvalue weighted by Crippen LogP contribution is -2.39. The molecule has 2 heterocycles. The van der Waals surface area contributed by atoms with Gasteiger partial charge >= 0.3 is 12.7 Å². The molecule has 1 aliphatic rings. The first-order chi connectivity index (χ1) is 16.1. The van der Waals surface area contributed by atoms with Crippen LogP contribution in [-0.2, 0) is 11.3 Å². The van der Waals surface area contributed by atoms with Crippen LogP contribution in [-0.4, -0.2) is 45.8 Å². The number of ether oxygens (including phenoxy) is 2. The number of hydrogen-bond acceptors (Lipinski definition) is 4. The van der Waals surface area contributed by atoms with Gasteiger partial charge in [-0.15, -0.1) is 0 Å². The van der Waals surface area contributed by atoms with Gasteiger partial charge < -0.3 is 18.9 Å². The molecule has 0 fully saturated rings. The van der Waals surface area contributed by atoms with E-state index in [2.05, 4.69) is 11.1 Å². The van der Waals surface area contributed by atoms with Gasteiger partial charge in [-0.1, -0.05) is 30.3 Å². The van der Waals surface area contributed by atoms with E-state index < -0.39 is 12.2 Å². The van der Waals surface area contributed by atoms with Crippen LogP contribution in [0.25, 0.3) is 16.6 Å². The summed E-state index contributed by atoms with van der Waals surface area (Å²) in [5.41, 5.74) is 4.07. The van der Waals surface area contributed by atoms with Crippen molar-refractivity contribution < 1.29 is 23.0 Å². The molecule has 34 heavy (non-hydrogen) atoms. The Labute approximate surface area is 197 Å². The molecule has 0 atom stereocenters. The quantitative estimate of drug-likeness (QED) is 0.459. The minimum Gasteiger partial charge on any atom is -0.444 e. The van der Waals surface area contributed by atoms with Gasteiger partial charge in [-0.25, -0.2) is 9.78 Å². The number of fused-ring (bicyclic) bond motifs is 1. The Morgan fingerprint density at radius 3 is 2.62 bits per heavy atom. The van der Waals surface area contributed by atoms with Gasteiger partial charge in [0.1, 0.15) is 17.2 Å². The predicted molar refractivity (Wildman–Crippen MR) is 127 cm³/mol. The summed E-state index contributed by atoms with van der Waals surface area (Å²) in [7, 11) is 0. The summed E-state index contributed by atoms with van der Waals surface area (Å²) >= 11 is 0. The highest BCUT2D eigenvalue weighted by molar-refractivity contribution is 5.82. The maximum Gasteiger partial charge on any atom is 0.410 e. The minimum atomic E-state index is -2.88.